The molecule has 1 aromatic carbocycles. The number of halogens is 2. The highest BCUT2D eigenvalue weighted by Crippen LogP contribution is 2.23. The van der Waals surface area contributed by atoms with E-state index < -0.39 is 0 Å². The monoisotopic (exact) mass is 419 g/mol. The van der Waals surface area contributed by atoms with Crippen LogP contribution in [-0.2, 0) is 0 Å². The Morgan fingerprint density at radius 1 is 1.33 bits per heavy atom. The highest BCUT2D eigenvalue weighted by molar-refractivity contribution is 14.1. The molecule has 2 rings (SSSR count). The first kappa shape index (κ1) is 13.6. The number of aryl methyl sites for hydroxylation is 2. The van der Waals surface area contributed by atoms with Gasteiger partial charge in [0.2, 0.25) is 0 Å². The standard InChI is InChI=1S/C13H11BrINO2/c1-7-5-10(8(2)18-7)13(17)16-9-3-4-12(15)11(14)6-9/h3-6H,1-2H3,(H,16,17). The van der Waals surface area contributed by atoms with Gasteiger partial charge in [-0.2, -0.15) is 0 Å². The second-order valence-corrected chi connectivity index (χ2v) is 5.93. The predicted octanol–water partition coefficient (Wildman–Crippen LogP) is 4.52. The minimum atomic E-state index is -0.155. The summed E-state index contributed by atoms with van der Waals surface area (Å²) < 4.78 is 7.40. The lowest BCUT2D eigenvalue weighted by Crippen LogP contribution is -2.12. The highest BCUT2D eigenvalue weighted by Gasteiger charge is 2.13. The molecule has 0 saturated carbocycles. The van der Waals surface area contributed by atoms with Crippen LogP contribution in [-0.4, -0.2) is 5.91 Å². The van der Waals surface area contributed by atoms with Gasteiger partial charge in [0.15, 0.2) is 0 Å². The third kappa shape index (κ3) is 2.95. The van der Waals surface area contributed by atoms with Gasteiger partial charge in [-0.25, -0.2) is 0 Å². The van der Waals surface area contributed by atoms with Crippen molar-refractivity contribution >= 4 is 50.1 Å². The first-order valence-electron chi connectivity index (χ1n) is 5.31. The zero-order valence-corrected chi connectivity index (χ0v) is 13.6. The third-order valence-electron chi connectivity index (χ3n) is 2.46. The van der Waals surface area contributed by atoms with E-state index in [1.807, 2.05) is 25.1 Å². The van der Waals surface area contributed by atoms with Crippen LogP contribution in [0.3, 0.4) is 0 Å². The first-order valence-corrected chi connectivity index (χ1v) is 7.18. The van der Waals surface area contributed by atoms with E-state index >= 15 is 0 Å². The van der Waals surface area contributed by atoms with Gasteiger partial charge in [0, 0.05) is 13.7 Å². The summed E-state index contributed by atoms with van der Waals surface area (Å²) in [6.07, 6.45) is 0. The second kappa shape index (κ2) is 5.44. The number of carbonyl (C=O) groups is 1. The molecule has 94 valence electrons. The Bertz CT molecular complexity index is 607. The van der Waals surface area contributed by atoms with Crippen LogP contribution in [0.2, 0.25) is 0 Å². The van der Waals surface area contributed by atoms with Crippen LogP contribution >= 0.6 is 38.5 Å². The molecule has 0 radical (unpaired) electrons. The Kier molecular flexibility index (Phi) is 4.11. The number of furan rings is 1. The van der Waals surface area contributed by atoms with E-state index in [2.05, 4.69) is 43.8 Å². The summed E-state index contributed by atoms with van der Waals surface area (Å²) in [4.78, 5) is 12.1. The molecule has 1 heterocycles. The largest absolute Gasteiger partial charge is 0.466 e. The molecule has 0 aliphatic carbocycles. The van der Waals surface area contributed by atoms with E-state index in [-0.39, 0.29) is 5.91 Å². The van der Waals surface area contributed by atoms with Crippen LogP contribution in [0.1, 0.15) is 21.9 Å². The summed E-state index contributed by atoms with van der Waals surface area (Å²) in [7, 11) is 0. The normalized spacial score (nSPS) is 10.4. The van der Waals surface area contributed by atoms with Crippen LogP contribution in [0.5, 0.6) is 0 Å². The topological polar surface area (TPSA) is 42.2 Å². The summed E-state index contributed by atoms with van der Waals surface area (Å²) in [6.45, 7) is 3.61. The van der Waals surface area contributed by atoms with Crippen molar-refractivity contribution in [2.24, 2.45) is 0 Å². The van der Waals surface area contributed by atoms with E-state index in [0.29, 0.717) is 11.3 Å². The van der Waals surface area contributed by atoms with E-state index in [4.69, 9.17) is 4.42 Å². The summed E-state index contributed by atoms with van der Waals surface area (Å²) in [6, 6.07) is 7.43. The van der Waals surface area contributed by atoms with Gasteiger partial charge < -0.3 is 9.73 Å². The molecule has 0 atom stereocenters. The summed E-state index contributed by atoms with van der Waals surface area (Å²) in [5.74, 6) is 1.22. The molecular weight excluding hydrogens is 409 g/mol. The molecule has 0 aliphatic rings. The molecular formula is C13H11BrINO2. The van der Waals surface area contributed by atoms with Crippen molar-refractivity contribution in [3.8, 4) is 0 Å². The molecule has 18 heavy (non-hydrogen) atoms. The molecule has 5 heteroatoms. The lowest BCUT2D eigenvalue weighted by atomic mass is 10.2. The molecule has 1 N–H and O–H groups in total. The van der Waals surface area contributed by atoms with Gasteiger partial charge in [-0.15, -0.1) is 0 Å². The van der Waals surface area contributed by atoms with Gasteiger partial charge in [-0.05, 0) is 76.6 Å². The van der Waals surface area contributed by atoms with Crippen LogP contribution < -0.4 is 5.32 Å². The molecule has 0 bridgehead atoms. The number of amides is 1. The fourth-order valence-corrected chi connectivity index (χ4v) is 2.34. The molecule has 1 aromatic heterocycles. The van der Waals surface area contributed by atoms with E-state index in [0.717, 1.165) is 19.5 Å². The number of rotatable bonds is 2. The van der Waals surface area contributed by atoms with Crippen molar-refractivity contribution in [1.29, 1.82) is 0 Å². The lowest BCUT2D eigenvalue weighted by molar-refractivity contribution is 0.102. The average Bonchev–Trinajstić information content (AvgIpc) is 2.63. The Hall–Kier alpha value is -0.820. The van der Waals surface area contributed by atoms with Crippen molar-refractivity contribution in [2.45, 2.75) is 13.8 Å². The van der Waals surface area contributed by atoms with Gasteiger partial charge in [-0.1, -0.05) is 0 Å². The molecule has 0 aliphatic heterocycles. The van der Waals surface area contributed by atoms with Gasteiger partial charge in [-0.3, -0.25) is 4.79 Å². The summed E-state index contributed by atoms with van der Waals surface area (Å²) >= 11 is 5.65. The van der Waals surface area contributed by atoms with Crippen LogP contribution in [0.15, 0.2) is 33.2 Å². The third-order valence-corrected chi connectivity index (χ3v) is 4.80. The second-order valence-electron chi connectivity index (χ2n) is 3.91. The average molecular weight is 420 g/mol. The number of carbonyl (C=O) groups excluding carboxylic acids is 1. The maximum absolute atomic E-state index is 12.1. The van der Waals surface area contributed by atoms with Gasteiger partial charge in [0.05, 0.1) is 5.56 Å². The number of nitrogens with one attached hydrogen (secondary N) is 1. The molecule has 3 nitrogen and oxygen atoms in total. The van der Waals surface area contributed by atoms with Gasteiger partial charge >= 0.3 is 0 Å². The van der Waals surface area contributed by atoms with Crippen molar-refractivity contribution in [1.82, 2.24) is 0 Å². The minimum Gasteiger partial charge on any atom is -0.466 e. The van der Waals surface area contributed by atoms with Crippen molar-refractivity contribution < 1.29 is 9.21 Å². The fourth-order valence-electron chi connectivity index (χ4n) is 1.63. The van der Waals surface area contributed by atoms with Gasteiger partial charge in [0.25, 0.3) is 5.91 Å². The molecule has 2 aromatic rings. The van der Waals surface area contributed by atoms with E-state index in [1.165, 1.54) is 0 Å². The quantitative estimate of drug-likeness (QED) is 0.727. The first-order chi connectivity index (χ1) is 8.47. The van der Waals surface area contributed by atoms with Crippen molar-refractivity contribution in [3.05, 3.63) is 49.4 Å². The smallest absolute Gasteiger partial charge is 0.259 e. The zero-order valence-electron chi connectivity index (χ0n) is 9.88. The Morgan fingerprint density at radius 3 is 2.61 bits per heavy atom. The lowest BCUT2D eigenvalue weighted by Gasteiger charge is -2.05. The van der Waals surface area contributed by atoms with E-state index in [9.17, 15) is 4.79 Å². The molecule has 0 spiro atoms. The maximum Gasteiger partial charge on any atom is 0.259 e. The van der Waals surface area contributed by atoms with Crippen molar-refractivity contribution in [2.75, 3.05) is 5.32 Å². The van der Waals surface area contributed by atoms with E-state index in [1.54, 1.807) is 13.0 Å². The predicted molar refractivity (Wildman–Crippen MR) is 83.0 cm³/mol. The number of hydrogen-bond acceptors (Lipinski definition) is 2. The highest BCUT2D eigenvalue weighted by atomic mass is 127. The fraction of sp³-hybridized carbons (Fsp3) is 0.154. The van der Waals surface area contributed by atoms with Crippen LogP contribution in [0.25, 0.3) is 0 Å². The molecule has 0 fully saturated rings. The SMILES string of the molecule is Cc1cc(C(=O)Nc2ccc(I)c(Br)c2)c(C)o1. The Morgan fingerprint density at radius 2 is 2.06 bits per heavy atom. The summed E-state index contributed by atoms with van der Waals surface area (Å²) in [5.41, 5.74) is 1.33. The number of hydrogen-bond donors (Lipinski definition) is 1. The Labute approximate surface area is 127 Å². The molecule has 0 saturated heterocycles. The number of anilines is 1. The Balaban J connectivity index is 2.21. The maximum atomic E-state index is 12.1. The molecule has 1 amide bonds. The van der Waals surface area contributed by atoms with Gasteiger partial charge in [0.1, 0.15) is 11.5 Å². The summed E-state index contributed by atoms with van der Waals surface area (Å²) in [5, 5.41) is 2.85. The minimum absolute atomic E-state index is 0.155. The number of benzene rings is 1. The van der Waals surface area contributed by atoms with Crippen molar-refractivity contribution in [3.63, 3.8) is 0 Å². The van der Waals surface area contributed by atoms with Crippen LogP contribution in [0, 0.1) is 17.4 Å². The molecule has 0 unspecified atom stereocenters. The zero-order chi connectivity index (χ0) is 13.3. The van der Waals surface area contributed by atoms with Crippen LogP contribution in [0.4, 0.5) is 5.69 Å².